The Kier molecular flexibility index (Phi) is 4.08. The third kappa shape index (κ3) is 2.95. The Balaban J connectivity index is 3.38. The summed E-state index contributed by atoms with van der Waals surface area (Å²) in [5, 5.41) is 8.81. The molecule has 0 aromatic heterocycles. The number of carboxylic acid groups (broad SMARTS) is 1. The lowest BCUT2D eigenvalue weighted by Gasteiger charge is -2.10. The van der Waals surface area contributed by atoms with E-state index in [-0.39, 0.29) is 22.8 Å². The lowest BCUT2D eigenvalue weighted by atomic mass is 10.2. The van der Waals surface area contributed by atoms with E-state index in [1.165, 1.54) is 19.2 Å². The Hall–Kier alpha value is -1.60. The quantitative estimate of drug-likeness (QED) is 0.811. The third-order valence-electron chi connectivity index (χ3n) is 2.03. The van der Waals surface area contributed by atoms with Crippen molar-refractivity contribution in [2.45, 2.75) is 11.8 Å². The molecule has 0 amide bonds. The molecule has 1 aromatic carbocycles. The van der Waals surface area contributed by atoms with E-state index in [1.807, 2.05) is 0 Å². The van der Waals surface area contributed by atoms with Gasteiger partial charge in [0.1, 0.15) is 10.6 Å². The summed E-state index contributed by atoms with van der Waals surface area (Å²) < 4.78 is 30.8. The molecule has 0 aliphatic carbocycles. The van der Waals surface area contributed by atoms with Crippen LogP contribution in [0, 0.1) is 0 Å². The molecule has 0 heterocycles. The van der Waals surface area contributed by atoms with Gasteiger partial charge in [-0.25, -0.2) is 17.9 Å². The molecule has 0 aliphatic rings. The summed E-state index contributed by atoms with van der Waals surface area (Å²) in [6.45, 7) is 1.84. The summed E-state index contributed by atoms with van der Waals surface area (Å²) in [5.41, 5.74) is -0.109. The van der Waals surface area contributed by atoms with E-state index >= 15 is 0 Å². The van der Waals surface area contributed by atoms with Crippen molar-refractivity contribution < 1.29 is 23.1 Å². The van der Waals surface area contributed by atoms with Gasteiger partial charge >= 0.3 is 5.97 Å². The number of sulfonamides is 1. The summed E-state index contributed by atoms with van der Waals surface area (Å²) in [5.74, 6) is -1.09. The number of carboxylic acids is 1. The first-order valence-electron chi connectivity index (χ1n) is 4.83. The fraction of sp³-hybridized carbons (Fsp3) is 0.300. The second-order valence-electron chi connectivity index (χ2n) is 3.17. The van der Waals surface area contributed by atoms with Crippen molar-refractivity contribution in [1.82, 2.24) is 4.72 Å². The highest BCUT2D eigenvalue weighted by Crippen LogP contribution is 2.24. The highest BCUT2D eigenvalue weighted by molar-refractivity contribution is 7.89. The minimum atomic E-state index is -3.75. The summed E-state index contributed by atoms with van der Waals surface area (Å²) in [4.78, 5) is 10.6. The molecular weight excluding hydrogens is 246 g/mol. The SMILES string of the molecule is CCNS(=O)(=O)c1cc(C(=O)O)ccc1OC. The molecule has 0 unspecified atom stereocenters. The maximum Gasteiger partial charge on any atom is 0.335 e. The van der Waals surface area contributed by atoms with E-state index in [1.54, 1.807) is 6.92 Å². The van der Waals surface area contributed by atoms with Crippen LogP contribution in [0.15, 0.2) is 23.1 Å². The number of carbonyl (C=O) groups is 1. The van der Waals surface area contributed by atoms with Gasteiger partial charge in [-0.1, -0.05) is 6.92 Å². The van der Waals surface area contributed by atoms with Crippen molar-refractivity contribution in [3.05, 3.63) is 23.8 Å². The summed E-state index contributed by atoms with van der Waals surface area (Å²) in [7, 11) is -2.43. The Morgan fingerprint density at radius 1 is 1.47 bits per heavy atom. The van der Waals surface area contributed by atoms with Gasteiger partial charge in [-0.2, -0.15) is 0 Å². The molecule has 0 atom stereocenters. The average molecular weight is 259 g/mol. The van der Waals surface area contributed by atoms with Gasteiger partial charge in [0, 0.05) is 6.54 Å². The molecule has 17 heavy (non-hydrogen) atoms. The molecule has 1 aromatic rings. The number of ether oxygens (including phenoxy) is 1. The molecular formula is C10H13NO5S. The van der Waals surface area contributed by atoms with Crippen molar-refractivity contribution in [3.63, 3.8) is 0 Å². The Morgan fingerprint density at radius 3 is 2.59 bits per heavy atom. The molecule has 0 saturated carbocycles. The molecule has 7 heteroatoms. The standard InChI is InChI=1S/C10H13NO5S/c1-3-11-17(14,15)9-6-7(10(12)13)4-5-8(9)16-2/h4-6,11H,3H2,1-2H3,(H,12,13). The summed E-state index contributed by atoms with van der Waals surface area (Å²) in [6.07, 6.45) is 0. The van der Waals surface area contributed by atoms with Crippen LogP contribution in [0.2, 0.25) is 0 Å². The van der Waals surface area contributed by atoms with Crippen LogP contribution in [-0.2, 0) is 10.0 Å². The molecule has 6 nitrogen and oxygen atoms in total. The van der Waals surface area contributed by atoms with Gasteiger partial charge in [0.25, 0.3) is 0 Å². The molecule has 0 aliphatic heterocycles. The van der Waals surface area contributed by atoms with Crippen molar-refractivity contribution in [3.8, 4) is 5.75 Å². The normalized spacial score (nSPS) is 11.2. The zero-order chi connectivity index (χ0) is 13.1. The number of aromatic carboxylic acids is 1. The fourth-order valence-corrected chi connectivity index (χ4v) is 2.52. The van der Waals surface area contributed by atoms with Crippen LogP contribution in [0.5, 0.6) is 5.75 Å². The van der Waals surface area contributed by atoms with E-state index in [9.17, 15) is 13.2 Å². The third-order valence-corrected chi connectivity index (χ3v) is 3.60. The lowest BCUT2D eigenvalue weighted by molar-refractivity contribution is 0.0696. The van der Waals surface area contributed by atoms with Gasteiger partial charge in [0.05, 0.1) is 12.7 Å². The van der Waals surface area contributed by atoms with Crippen LogP contribution < -0.4 is 9.46 Å². The Labute approximate surface area is 99.3 Å². The lowest BCUT2D eigenvalue weighted by Crippen LogP contribution is -2.24. The van der Waals surface area contributed by atoms with Crippen molar-refractivity contribution in [2.24, 2.45) is 0 Å². The van der Waals surface area contributed by atoms with Gasteiger partial charge in [-0.05, 0) is 18.2 Å². The molecule has 0 spiro atoms. The topological polar surface area (TPSA) is 92.7 Å². The Bertz CT molecular complexity index is 523. The van der Waals surface area contributed by atoms with Crippen molar-refractivity contribution in [2.75, 3.05) is 13.7 Å². The molecule has 94 valence electrons. The van der Waals surface area contributed by atoms with Crippen LogP contribution >= 0.6 is 0 Å². The monoisotopic (exact) mass is 259 g/mol. The van der Waals surface area contributed by atoms with Crippen molar-refractivity contribution in [1.29, 1.82) is 0 Å². The fourth-order valence-electron chi connectivity index (χ4n) is 1.29. The zero-order valence-electron chi connectivity index (χ0n) is 9.43. The average Bonchev–Trinajstić information content (AvgIpc) is 2.28. The maximum atomic E-state index is 11.8. The first kappa shape index (κ1) is 13.5. The van der Waals surface area contributed by atoms with Crippen molar-refractivity contribution >= 4 is 16.0 Å². The molecule has 0 radical (unpaired) electrons. The number of methoxy groups -OCH3 is 1. The van der Waals surface area contributed by atoms with Crippen LogP contribution in [0.3, 0.4) is 0 Å². The highest BCUT2D eigenvalue weighted by atomic mass is 32.2. The van der Waals surface area contributed by atoms with Gasteiger partial charge < -0.3 is 9.84 Å². The molecule has 0 bridgehead atoms. The van der Waals surface area contributed by atoms with Gasteiger partial charge in [0.15, 0.2) is 0 Å². The first-order chi connectivity index (χ1) is 7.92. The van der Waals surface area contributed by atoms with Crippen LogP contribution in [-0.4, -0.2) is 33.1 Å². The second-order valence-corrected chi connectivity index (χ2v) is 4.91. The number of rotatable bonds is 5. The van der Waals surface area contributed by atoms with E-state index in [0.717, 1.165) is 6.07 Å². The van der Waals surface area contributed by atoms with Crippen LogP contribution in [0.1, 0.15) is 17.3 Å². The van der Waals surface area contributed by atoms with Gasteiger partial charge in [-0.15, -0.1) is 0 Å². The van der Waals surface area contributed by atoms with Crippen LogP contribution in [0.25, 0.3) is 0 Å². The van der Waals surface area contributed by atoms with E-state index < -0.39 is 16.0 Å². The smallest absolute Gasteiger partial charge is 0.335 e. The predicted octanol–water partition coefficient (Wildman–Crippen LogP) is 0.692. The van der Waals surface area contributed by atoms with E-state index in [2.05, 4.69) is 4.72 Å². The highest BCUT2D eigenvalue weighted by Gasteiger charge is 2.20. The van der Waals surface area contributed by atoms with Gasteiger partial charge in [0.2, 0.25) is 10.0 Å². The van der Waals surface area contributed by atoms with Gasteiger partial charge in [-0.3, -0.25) is 0 Å². The maximum absolute atomic E-state index is 11.8. The number of hydrogen-bond acceptors (Lipinski definition) is 4. The molecule has 0 fully saturated rings. The van der Waals surface area contributed by atoms with E-state index in [0.29, 0.717) is 0 Å². The minimum absolute atomic E-state index is 0.107. The number of nitrogens with one attached hydrogen (secondary N) is 1. The number of hydrogen-bond donors (Lipinski definition) is 2. The number of benzene rings is 1. The molecule has 0 saturated heterocycles. The largest absolute Gasteiger partial charge is 0.495 e. The summed E-state index contributed by atoms with van der Waals surface area (Å²) >= 11 is 0. The summed E-state index contributed by atoms with van der Waals surface area (Å²) in [6, 6.07) is 3.67. The van der Waals surface area contributed by atoms with E-state index in [4.69, 9.17) is 9.84 Å². The Morgan fingerprint density at radius 2 is 2.12 bits per heavy atom. The predicted molar refractivity (Wildman–Crippen MR) is 60.8 cm³/mol. The molecule has 1 rings (SSSR count). The van der Waals surface area contributed by atoms with Crippen LogP contribution in [0.4, 0.5) is 0 Å². The second kappa shape index (κ2) is 5.15. The minimum Gasteiger partial charge on any atom is -0.495 e. The first-order valence-corrected chi connectivity index (χ1v) is 6.31. The zero-order valence-corrected chi connectivity index (χ0v) is 10.2. The molecule has 2 N–H and O–H groups in total.